The number of rotatable bonds is 5. The van der Waals surface area contributed by atoms with Crippen LogP contribution in [0, 0.1) is 11.8 Å². The quantitative estimate of drug-likeness (QED) is 0.173. The van der Waals surface area contributed by atoms with Crippen molar-refractivity contribution in [3.05, 3.63) is 257 Å². The Morgan fingerprint density at radius 2 is 1.28 bits per heavy atom. The van der Waals surface area contributed by atoms with E-state index in [1.54, 1.807) is 0 Å². The summed E-state index contributed by atoms with van der Waals surface area (Å²) in [7, 11) is 0. The molecule has 13 rings (SSSR count). The zero-order valence-electron chi connectivity index (χ0n) is 33.8. The predicted octanol–water partition coefficient (Wildman–Crippen LogP) is 15.0. The monoisotopic (exact) mass is 781 g/mol. The molecule has 5 atom stereocenters. The summed E-state index contributed by atoms with van der Waals surface area (Å²) in [6.45, 7) is 0. The van der Waals surface area contributed by atoms with E-state index in [0.29, 0.717) is 5.92 Å². The molecule has 5 aliphatic carbocycles. The molecule has 2 heteroatoms. The maximum Gasteiger partial charge on any atom is 0.159 e. The summed E-state index contributed by atoms with van der Waals surface area (Å²) >= 11 is 0. The molecule has 0 saturated carbocycles. The molecule has 7 aromatic carbocycles. The SMILES string of the molecule is C1=CC2c3ccccc3C3(c4ccccc4-c4ccc(N(C5=CCCC=C5C5C=Cc6ccccc6C5c5ccccc5)c5cccc6c5oc5ccccc56)cc43)C2C=C1. The largest absolute Gasteiger partial charge is 0.454 e. The Morgan fingerprint density at radius 3 is 2.21 bits per heavy atom. The third kappa shape index (κ3) is 4.91. The molecule has 5 aliphatic rings. The van der Waals surface area contributed by atoms with Crippen LogP contribution in [-0.4, -0.2) is 0 Å². The molecule has 0 amide bonds. The lowest BCUT2D eigenvalue weighted by molar-refractivity contribution is 0.465. The van der Waals surface area contributed by atoms with E-state index < -0.39 is 0 Å². The average molecular weight is 782 g/mol. The molecule has 5 unspecified atom stereocenters. The van der Waals surface area contributed by atoms with Crippen LogP contribution in [0.15, 0.2) is 222 Å². The second-order valence-corrected chi connectivity index (χ2v) is 17.3. The van der Waals surface area contributed by atoms with Gasteiger partial charge in [0.15, 0.2) is 5.58 Å². The summed E-state index contributed by atoms with van der Waals surface area (Å²) in [4.78, 5) is 2.55. The molecule has 0 fully saturated rings. The van der Waals surface area contributed by atoms with Crippen molar-refractivity contribution >= 4 is 39.4 Å². The summed E-state index contributed by atoms with van der Waals surface area (Å²) in [5, 5.41) is 2.27. The second-order valence-electron chi connectivity index (χ2n) is 17.3. The minimum Gasteiger partial charge on any atom is -0.454 e. The minimum atomic E-state index is -0.338. The van der Waals surface area contributed by atoms with Gasteiger partial charge in [0.1, 0.15) is 5.58 Å². The van der Waals surface area contributed by atoms with Gasteiger partial charge in [-0.15, -0.1) is 0 Å². The molecular formula is C59H43NO. The van der Waals surface area contributed by atoms with E-state index in [0.717, 1.165) is 46.2 Å². The molecule has 0 bridgehead atoms. The number of nitrogens with zero attached hydrogens (tertiary/aromatic N) is 1. The molecule has 290 valence electrons. The van der Waals surface area contributed by atoms with Gasteiger partial charge in [-0.1, -0.05) is 188 Å². The summed E-state index contributed by atoms with van der Waals surface area (Å²) < 4.78 is 6.93. The number of hydrogen-bond acceptors (Lipinski definition) is 2. The van der Waals surface area contributed by atoms with Crippen molar-refractivity contribution in [1.29, 1.82) is 0 Å². The first-order chi connectivity index (χ1) is 30.3. The lowest BCUT2D eigenvalue weighted by atomic mass is 9.65. The molecular weight excluding hydrogens is 739 g/mol. The van der Waals surface area contributed by atoms with Crippen molar-refractivity contribution < 1.29 is 4.42 Å². The van der Waals surface area contributed by atoms with Crippen LogP contribution in [-0.2, 0) is 5.41 Å². The van der Waals surface area contributed by atoms with E-state index in [4.69, 9.17) is 4.42 Å². The molecule has 1 heterocycles. The topological polar surface area (TPSA) is 16.4 Å². The van der Waals surface area contributed by atoms with Crippen LogP contribution in [0.1, 0.15) is 63.6 Å². The van der Waals surface area contributed by atoms with Crippen LogP contribution in [0.2, 0.25) is 0 Å². The summed E-state index contributed by atoms with van der Waals surface area (Å²) in [5.74, 6) is 0.835. The van der Waals surface area contributed by atoms with E-state index in [-0.39, 0.29) is 23.2 Å². The smallest absolute Gasteiger partial charge is 0.159 e. The molecule has 1 spiro atoms. The first kappa shape index (κ1) is 34.7. The van der Waals surface area contributed by atoms with Crippen molar-refractivity contribution in [2.45, 2.75) is 30.1 Å². The van der Waals surface area contributed by atoms with Gasteiger partial charge in [-0.3, -0.25) is 0 Å². The van der Waals surface area contributed by atoms with Gasteiger partial charge >= 0.3 is 0 Å². The molecule has 0 saturated heterocycles. The highest BCUT2D eigenvalue weighted by Gasteiger charge is 2.57. The number of fused-ring (bicyclic) bond motifs is 14. The van der Waals surface area contributed by atoms with Crippen LogP contribution < -0.4 is 4.90 Å². The maximum atomic E-state index is 6.93. The summed E-state index contributed by atoms with van der Waals surface area (Å²) in [6, 6.07) is 61.0. The van der Waals surface area contributed by atoms with E-state index in [1.807, 2.05) is 0 Å². The fourth-order valence-electron chi connectivity index (χ4n) is 12.0. The van der Waals surface area contributed by atoms with Gasteiger partial charge in [-0.05, 0) is 92.8 Å². The second kappa shape index (κ2) is 13.4. The third-order valence-electron chi connectivity index (χ3n) is 14.4. The molecule has 2 nitrogen and oxygen atoms in total. The Bertz CT molecular complexity index is 3250. The molecule has 61 heavy (non-hydrogen) atoms. The number of allylic oxidation sites excluding steroid dienone is 8. The van der Waals surface area contributed by atoms with E-state index in [9.17, 15) is 0 Å². The van der Waals surface area contributed by atoms with Crippen molar-refractivity contribution in [3.8, 4) is 11.1 Å². The van der Waals surface area contributed by atoms with Crippen molar-refractivity contribution in [3.63, 3.8) is 0 Å². The van der Waals surface area contributed by atoms with Crippen LogP contribution in [0.4, 0.5) is 11.4 Å². The number of hydrogen-bond donors (Lipinski definition) is 0. The lowest BCUT2D eigenvalue weighted by Gasteiger charge is -2.39. The van der Waals surface area contributed by atoms with Crippen molar-refractivity contribution in [2.24, 2.45) is 11.8 Å². The van der Waals surface area contributed by atoms with E-state index in [2.05, 4.69) is 217 Å². The highest BCUT2D eigenvalue weighted by molar-refractivity contribution is 6.10. The zero-order valence-corrected chi connectivity index (χ0v) is 33.8. The van der Waals surface area contributed by atoms with Crippen molar-refractivity contribution in [1.82, 2.24) is 0 Å². The molecule has 0 aliphatic heterocycles. The van der Waals surface area contributed by atoms with E-state index in [1.165, 1.54) is 61.3 Å². The van der Waals surface area contributed by atoms with Gasteiger partial charge < -0.3 is 9.32 Å². The first-order valence-corrected chi connectivity index (χ1v) is 21.9. The fourth-order valence-corrected chi connectivity index (χ4v) is 12.0. The highest BCUT2D eigenvalue weighted by atomic mass is 16.3. The molecule has 0 radical (unpaired) electrons. The molecule has 8 aromatic rings. The van der Waals surface area contributed by atoms with Crippen LogP contribution in [0.25, 0.3) is 39.1 Å². The maximum absolute atomic E-state index is 6.93. The Hall–Kier alpha value is -7.16. The highest BCUT2D eigenvalue weighted by Crippen LogP contribution is 2.66. The van der Waals surface area contributed by atoms with Crippen LogP contribution >= 0.6 is 0 Å². The number of anilines is 2. The van der Waals surface area contributed by atoms with Gasteiger partial charge in [0.2, 0.25) is 0 Å². The van der Waals surface area contributed by atoms with E-state index >= 15 is 0 Å². The standard InChI is InChI=1S/C59H43NO/c1-2-18-39(19-3-1)57-41-20-5-4-17-38(41)33-35-48(57)46-24-9-14-30-54(46)60(55-31-16-26-49-47-25-10-15-32-56(47)61-58(49)55)40-34-36-45-44-23-8-13-29-52(44)59(53(45)37-40)50-27-11-6-21-42(50)43-22-7-12-28-51(43)59/h1-8,10-13,15-37,42,48,50,57H,9,14H2. The molecule has 1 aromatic heterocycles. The Kier molecular flexibility index (Phi) is 7.63. The van der Waals surface area contributed by atoms with Gasteiger partial charge in [0.05, 0.1) is 11.1 Å². The zero-order chi connectivity index (χ0) is 40.1. The Balaban J connectivity index is 1.06. The normalized spacial score (nSPS) is 22.7. The average Bonchev–Trinajstić information content (AvgIpc) is 3.96. The Morgan fingerprint density at radius 1 is 0.541 bits per heavy atom. The minimum absolute atomic E-state index is 0.118. The van der Waals surface area contributed by atoms with Crippen LogP contribution in [0.3, 0.4) is 0 Å². The molecule has 0 N–H and O–H groups in total. The summed E-state index contributed by atoms with van der Waals surface area (Å²) in [6.07, 6.45) is 21.2. The lowest BCUT2D eigenvalue weighted by Crippen LogP contribution is -2.33. The number of para-hydroxylation sites is 2. The fraction of sp³-hybridized carbons (Fsp3) is 0.119. The first-order valence-electron chi connectivity index (χ1n) is 21.9. The van der Waals surface area contributed by atoms with Gasteiger partial charge in [-0.2, -0.15) is 0 Å². The number of furan rings is 1. The van der Waals surface area contributed by atoms with Gasteiger partial charge in [-0.25, -0.2) is 0 Å². The van der Waals surface area contributed by atoms with Gasteiger partial charge in [0.25, 0.3) is 0 Å². The van der Waals surface area contributed by atoms with Crippen molar-refractivity contribution in [2.75, 3.05) is 4.90 Å². The summed E-state index contributed by atoms with van der Waals surface area (Å²) in [5.41, 5.74) is 18.5. The van der Waals surface area contributed by atoms with Gasteiger partial charge in [0, 0.05) is 45.8 Å². The third-order valence-corrected chi connectivity index (χ3v) is 14.4. The predicted molar refractivity (Wildman–Crippen MR) is 251 cm³/mol. The number of benzene rings is 7. The van der Waals surface area contributed by atoms with Crippen LogP contribution in [0.5, 0.6) is 0 Å². The Labute approximate surface area is 356 Å².